The van der Waals surface area contributed by atoms with Crippen LogP contribution in [-0.4, -0.2) is 26.3 Å². The highest BCUT2D eigenvalue weighted by molar-refractivity contribution is 6.25. The van der Waals surface area contributed by atoms with Gasteiger partial charge in [-0.15, -0.1) is 0 Å². The molecule has 0 aliphatic carbocycles. The molecule has 0 aromatic rings. The third-order valence-corrected chi connectivity index (χ3v) is 1.40. The van der Waals surface area contributed by atoms with Gasteiger partial charge in [-0.3, -0.25) is 0 Å². The van der Waals surface area contributed by atoms with Gasteiger partial charge < -0.3 is 10.1 Å². The van der Waals surface area contributed by atoms with Gasteiger partial charge in [-0.2, -0.15) is 0 Å². The molecular weight excluding hydrogens is 174 g/mol. The highest BCUT2D eigenvalue weighted by Crippen LogP contribution is 1.90. The standard InChI is InChI=1S/C9H18ClNO/c1-9(2)8-12-7-6-11-5-3-4-10/h3-4,9,11H,5-8H2,1-2H3/b4-3+. The van der Waals surface area contributed by atoms with Gasteiger partial charge in [0, 0.05) is 25.2 Å². The SMILES string of the molecule is CC(C)COCCNC/C=C/Cl. The van der Waals surface area contributed by atoms with Crippen LogP contribution in [0.1, 0.15) is 13.8 Å². The van der Waals surface area contributed by atoms with Crippen molar-refractivity contribution >= 4 is 11.6 Å². The van der Waals surface area contributed by atoms with E-state index in [0.29, 0.717) is 5.92 Å². The fraction of sp³-hybridized carbons (Fsp3) is 0.778. The van der Waals surface area contributed by atoms with E-state index in [4.69, 9.17) is 16.3 Å². The molecule has 0 amide bonds. The van der Waals surface area contributed by atoms with Crippen LogP contribution in [0.5, 0.6) is 0 Å². The second kappa shape index (κ2) is 9.04. The first-order valence-corrected chi connectivity index (χ1v) is 4.74. The average molecular weight is 192 g/mol. The van der Waals surface area contributed by atoms with E-state index in [1.54, 1.807) is 0 Å². The van der Waals surface area contributed by atoms with Crippen LogP contribution >= 0.6 is 11.6 Å². The molecule has 0 rings (SSSR count). The van der Waals surface area contributed by atoms with Crippen LogP contribution in [0.25, 0.3) is 0 Å². The topological polar surface area (TPSA) is 21.3 Å². The van der Waals surface area contributed by atoms with E-state index in [2.05, 4.69) is 19.2 Å². The van der Waals surface area contributed by atoms with Crippen molar-refractivity contribution in [2.24, 2.45) is 5.92 Å². The fourth-order valence-electron chi connectivity index (χ4n) is 0.693. The number of ether oxygens (including phenoxy) is 1. The van der Waals surface area contributed by atoms with Crippen molar-refractivity contribution in [3.8, 4) is 0 Å². The number of nitrogens with one attached hydrogen (secondary N) is 1. The fourth-order valence-corrected chi connectivity index (χ4v) is 0.782. The van der Waals surface area contributed by atoms with Gasteiger partial charge in [0.05, 0.1) is 6.61 Å². The Morgan fingerprint density at radius 3 is 2.83 bits per heavy atom. The molecular formula is C9H18ClNO. The second-order valence-corrected chi connectivity index (χ2v) is 3.29. The van der Waals surface area contributed by atoms with Gasteiger partial charge in [0.1, 0.15) is 0 Å². The monoisotopic (exact) mass is 191 g/mol. The molecule has 0 atom stereocenters. The van der Waals surface area contributed by atoms with Crippen LogP contribution in [-0.2, 0) is 4.74 Å². The van der Waals surface area contributed by atoms with E-state index in [1.165, 1.54) is 5.54 Å². The van der Waals surface area contributed by atoms with Crippen LogP contribution in [0, 0.1) is 5.92 Å². The molecule has 12 heavy (non-hydrogen) atoms. The van der Waals surface area contributed by atoms with Gasteiger partial charge >= 0.3 is 0 Å². The molecule has 0 aromatic carbocycles. The summed E-state index contributed by atoms with van der Waals surface area (Å²) in [5, 5.41) is 3.16. The molecule has 0 saturated carbocycles. The largest absolute Gasteiger partial charge is 0.380 e. The maximum absolute atomic E-state index is 5.36. The minimum atomic E-state index is 0.618. The van der Waals surface area contributed by atoms with Gasteiger partial charge in [0.2, 0.25) is 0 Å². The number of halogens is 1. The lowest BCUT2D eigenvalue weighted by Gasteiger charge is -2.06. The van der Waals surface area contributed by atoms with E-state index >= 15 is 0 Å². The first-order valence-electron chi connectivity index (χ1n) is 4.31. The van der Waals surface area contributed by atoms with Crippen LogP contribution in [0.2, 0.25) is 0 Å². The average Bonchev–Trinajstić information content (AvgIpc) is 2.02. The lowest BCUT2D eigenvalue weighted by molar-refractivity contribution is 0.112. The van der Waals surface area contributed by atoms with Gasteiger partial charge in [0.15, 0.2) is 0 Å². The Hall–Kier alpha value is -0.0500. The van der Waals surface area contributed by atoms with E-state index in [-0.39, 0.29) is 0 Å². The summed E-state index contributed by atoms with van der Waals surface area (Å²) in [7, 11) is 0. The predicted octanol–water partition coefficient (Wildman–Crippen LogP) is 2.00. The lowest BCUT2D eigenvalue weighted by atomic mass is 10.2. The third-order valence-electron chi connectivity index (χ3n) is 1.23. The van der Waals surface area contributed by atoms with Gasteiger partial charge in [-0.1, -0.05) is 31.5 Å². The van der Waals surface area contributed by atoms with Crippen molar-refractivity contribution < 1.29 is 4.74 Å². The molecule has 3 heteroatoms. The smallest absolute Gasteiger partial charge is 0.0591 e. The Labute approximate surface area is 79.9 Å². The molecule has 0 aliphatic rings. The quantitative estimate of drug-likeness (QED) is 0.622. The molecule has 0 heterocycles. The molecule has 0 spiro atoms. The number of rotatable bonds is 7. The van der Waals surface area contributed by atoms with Crippen molar-refractivity contribution in [2.45, 2.75) is 13.8 Å². The first kappa shape index (κ1) is 11.9. The molecule has 0 aliphatic heterocycles. The van der Waals surface area contributed by atoms with Crippen molar-refractivity contribution in [2.75, 3.05) is 26.3 Å². The molecule has 0 saturated heterocycles. The molecule has 72 valence electrons. The van der Waals surface area contributed by atoms with Crippen molar-refractivity contribution in [3.05, 3.63) is 11.6 Å². The van der Waals surface area contributed by atoms with Gasteiger partial charge in [0.25, 0.3) is 0 Å². The van der Waals surface area contributed by atoms with Crippen molar-refractivity contribution in [1.29, 1.82) is 0 Å². The van der Waals surface area contributed by atoms with E-state index < -0.39 is 0 Å². The van der Waals surface area contributed by atoms with Crippen molar-refractivity contribution in [1.82, 2.24) is 5.32 Å². The van der Waals surface area contributed by atoms with Crippen LogP contribution in [0.3, 0.4) is 0 Å². The predicted molar refractivity (Wildman–Crippen MR) is 53.5 cm³/mol. The highest BCUT2D eigenvalue weighted by atomic mass is 35.5. The summed E-state index contributed by atoms with van der Waals surface area (Å²) in [6.07, 6.45) is 1.87. The summed E-state index contributed by atoms with van der Waals surface area (Å²) in [5.41, 5.74) is 1.52. The molecule has 0 radical (unpaired) electrons. The first-order chi connectivity index (χ1) is 5.77. The minimum absolute atomic E-state index is 0.618. The van der Waals surface area contributed by atoms with Gasteiger partial charge in [-0.25, -0.2) is 0 Å². The van der Waals surface area contributed by atoms with E-state index in [1.807, 2.05) is 6.08 Å². The Morgan fingerprint density at radius 2 is 2.25 bits per heavy atom. The molecule has 2 nitrogen and oxygen atoms in total. The maximum Gasteiger partial charge on any atom is 0.0591 e. The summed E-state index contributed by atoms with van der Waals surface area (Å²) in [6.45, 7) is 7.59. The molecule has 0 fully saturated rings. The summed E-state index contributed by atoms with van der Waals surface area (Å²) in [4.78, 5) is 0. The third kappa shape index (κ3) is 9.95. The summed E-state index contributed by atoms with van der Waals surface area (Å²) in [5.74, 6) is 0.618. The van der Waals surface area contributed by atoms with Gasteiger partial charge in [-0.05, 0) is 5.92 Å². The second-order valence-electron chi connectivity index (χ2n) is 3.03. The summed E-state index contributed by atoms with van der Waals surface area (Å²) < 4.78 is 5.36. The van der Waals surface area contributed by atoms with E-state index in [9.17, 15) is 0 Å². The lowest BCUT2D eigenvalue weighted by Crippen LogP contribution is -2.20. The minimum Gasteiger partial charge on any atom is -0.380 e. The highest BCUT2D eigenvalue weighted by Gasteiger charge is 1.91. The zero-order chi connectivity index (χ0) is 9.23. The molecule has 0 unspecified atom stereocenters. The number of hydrogen-bond acceptors (Lipinski definition) is 2. The Bertz CT molecular complexity index is 115. The molecule has 1 N–H and O–H groups in total. The maximum atomic E-state index is 5.36. The Balaban J connectivity index is 2.91. The van der Waals surface area contributed by atoms with Crippen molar-refractivity contribution in [3.63, 3.8) is 0 Å². The summed E-state index contributed by atoms with van der Waals surface area (Å²) >= 11 is 5.33. The van der Waals surface area contributed by atoms with Crippen LogP contribution in [0.4, 0.5) is 0 Å². The molecule has 0 bridgehead atoms. The molecule has 0 aromatic heterocycles. The number of hydrogen-bond donors (Lipinski definition) is 1. The van der Waals surface area contributed by atoms with Crippen LogP contribution < -0.4 is 5.32 Å². The normalized spacial score (nSPS) is 11.7. The zero-order valence-electron chi connectivity index (χ0n) is 7.85. The zero-order valence-corrected chi connectivity index (χ0v) is 8.60. The van der Waals surface area contributed by atoms with E-state index in [0.717, 1.165) is 26.3 Å². The Morgan fingerprint density at radius 1 is 1.50 bits per heavy atom. The Kier molecular flexibility index (Phi) is 9.00. The summed E-state index contributed by atoms with van der Waals surface area (Å²) in [6, 6.07) is 0. The van der Waals surface area contributed by atoms with Crippen LogP contribution in [0.15, 0.2) is 11.6 Å².